The first-order valence-electron chi connectivity index (χ1n) is 16.6. The molecule has 0 bridgehead atoms. The third-order valence-corrected chi connectivity index (χ3v) is 9.10. The first kappa shape index (κ1) is 35.3. The molecule has 0 unspecified atom stereocenters. The van der Waals surface area contributed by atoms with Gasteiger partial charge in [0.05, 0.1) is 24.5 Å². The van der Waals surface area contributed by atoms with E-state index in [9.17, 15) is 18.0 Å². The zero-order valence-electron chi connectivity index (χ0n) is 28.0. The molecule has 9 nitrogen and oxygen atoms in total. The van der Waals surface area contributed by atoms with E-state index in [0.29, 0.717) is 18.8 Å². The highest BCUT2D eigenvalue weighted by Gasteiger charge is 2.38. The first-order chi connectivity index (χ1) is 24.6. The molecule has 51 heavy (non-hydrogen) atoms. The van der Waals surface area contributed by atoms with Crippen LogP contribution < -0.4 is 4.74 Å². The molecule has 2 aliphatic rings. The Kier molecular flexibility index (Phi) is 10.8. The molecule has 0 radical (unpaired) electrons. The second-order valence-corrected chi connectivity index (χ2v) is 12.3. The average molecular weight is 699 g/mol. The SMILES string of the molecule is COC(=O)c1cnc2n1CCc1ccccc1C2=C1CCN(CCc2ccc(OCc3ccc4ccccc4n3)cc2)CC1.O=C(O)C(F)(F)F. The van der Waals surface area contributed by atoms with E-state index in [0.717, 1.165) is 73.5 Å². The number of carbonyl (C=O) groups excluding carboxylic acids is 1. The van der Waals surface area contributed by atoms with Crippen LogP contribution in [-0.2, 0) is 35.5 Å². The van der Waals surface area contributed by atoms with E-state index in [1.54, 1.807) is 6.20 Å². The monoisotopic (exact) mass is 698 g/mol. The number of methoxy groups -OCH3 is 1. The molecule has 4 heterocycles. The number of hydrogen-bond donors (Lipinski definition) is 1. The molecule has 7 rings (SSSR count). The molecule has 5 aromatic rings. The van der Waals surface area contributed by atoms with Crippen LogP contribution in [0, 0.1) is 0 Å². The fraction of sp³-hybridized carbons (Fsp3) is 0.282. The predicted molar refractivity (Wildman–Crippen MR) is 185 cm³/mol. The van der Waals surface area contributed by atoms with Gasteiger partial charge in [0.1, 0.15) is 23.9 Å². The van der Waals surface area contributed by atoms with Crippen molar-refractivity contribution in [2.24, 2.45) is 0 Å². The number of alkyl halides is 3. The van der Waals surface area contributed by atoms with Crippen molar-refractivity contribution < 1.29 is 37.3 Å². The number of para-hydroxylation sites is 1. The van der Waals surface area contributed by atoms with Gasteiger partial charge in [0.2, 0.25) is 0 Å². The number of aromatic nitrogens is 3. The molecule has 264 valence electrons. The number of likely N-dealkylation sites (tertiary alicyclic amines) is 1. The van der Waals surface area contributed by atoms with Gasteiger partial charge in [-0.1, -0.05) is 66.2 Å². The van der Waals surface area contributed by atoms with Crippen LogP contribution in [0.4, 0.5) is 13.2 Å². The molecule has 12 heteroatoms. The lowest BCUT2D eigenvalue weighted by Gasteiger charge is -2.30. The molecule has 3 aromatic carbocycles. The Labute approximate surface area is 293 Å². The highest BCUT2D eigenvalue weighted by atomic mass is 19.4. The zero-order valence-corrected chi connectivity index (χ0v) is 28.0. The van der Waals surface area contributed by atoms with Crippen LogP contribution in [0.25, 0.3) is 16.5 Å². The van der Waals surface area contributed by atoms with E-state index in [1.165, 1.54) is 34.9 Å². The van der Waals surface area contributed by atoms with E-state index >= 15 is 0 Å². The van der Waals surface area contributed by atoms with Gasteiger partial charge in [-0.3, -0.25) is 0 Å². The molecule has 2 aliphatic heterocycles. The average Bonchev–Trinajstić information content (AvgIpc) is 3.49. The molecule has 2 aromatic heterocycles. The van der Waals surface area contributed by atoms with Gasteiger partial charge in [0.25, 0.3) is 0 Å². The van der Waals surface area contributed by atoms with Crippen LogP contribution in [-0.4, -0.2) is 69.4 Å². The molecular weight excluding hydrogens is 661 g/mol. The Morgan fingerprint density at radius 1 is 0.882 bits per heavy atom. The lowest BCUT2D eigenvalue weighted by molar-refractivity contribution is -0.192. The minimum Gasteiger partial charge on any atom is -0.487 e. The van der Waals surface area contributed by atoms with Crippen molar-refractivity contribution in [1.29, 1.82) is 0 Å². The highest BCUT2D eigenvalue weighted by molar-refractivity contribution is 5.90. The minimum absolute atomic E-state index is 0.338. The number of rotatable bonds is 7. The summed E-state index contributed by atoms with van der Waals surface area (Å²) in [4.78, 5) is 33.4. The lowest BCUT2D eigenvalue weighted by Crippen LogP contribution is -2.33. The van der Waals surface area contributed by atoms with Gasteiger partial charge in [-0.25, -0.2) is 19.6 Å². The number of hydrogen-bond acceptors (Lipinski definition) is 7. The van der Waals surface area contributed by atoms with Gasteiger partial charge in [0, 0.05) is 37.1 Å². The van der Waals surface area contributed by atoms with Crippen LogP contribution in [0.15, 0.2) is 96.7 Å². The van der Waals surface area contributed by atoms with E-state index in [1.807, 2.05) is 28.8 Å². The quantitative estimate of drug-likeness (QED) is 0.179. The van der Waals surface area contributed by atoms with Crippen molar-refractivity contribution in [3.8, 4) is 5.75 Å². The summed E-state index contributed by atoms with van der Waals surface area (Å²) < 4.78 is 44.9. The standard InChI is InChI=1S/C37H36N4O3.C2HF3O2/c1-43-37(42)34-24-38-36-35(32-8-4-2-6-27(32)19-23-41(34)36)29-17-21-40(22-18-29)20-16-26-10-14-31(15-11-26)44-25-30-13-12-28-7-3-5-9-33(28)39-30;3-2(4,5)1(6)7/h2-15,24H,16-23,25H2,1H3;(H,6,7). The third kappa shape index (κ3) is 8.46. The van der Waals surface area contributed by atoms with Crippen molar-refractivity contribution >= 4 is 28.4 Å². The number of fused-ring (bicyclic) bond motifs is 3. The number of carbonyl (C=O) groups is 2. The summed E-state index contributed by atoms with van der Waals surface area (Å²) in [6.07, 6.45) is 0.408. The summed E-state index contributed by atoms with van der Waals surface area (Å²) in [5.41, 5.74) is 8.90. The second kappa shape index (κ2) is 15.6. The number of pyridine rings is 1. The van der Waals surface area contributed by atoms with Crippen LogP contribution in [0.1, 0.15) is 51.5 Å². The Hall–Kier alpha value is -5.49. The largest absolute Gasteiger partial charge is 0.490 e. The van der Waals surface area contributed by atoms with E-state index in [4.69, 9.17) is 29.3 Å². The predicted octanol–water partition coefficient (Wildman–Crippen LogP) is 7.13. The normalized spacial score (nSPS) is 14.5. The molecule has 0 saturated carbocycles. The number of nitrogens with zero attached hydrogens (tertiary/aromatic N) is 4. The molecule has 0 spiro atoms. The number of piperidine rings is 1. The van der Waals surface area contributed by atoms with Crippen molar-refractivity contribution in [2.45, 2.75) is 45.0 Å². The maximum Gasteiger partial charge on any atom is 0.490 e. The van der Waals surface area contributed by atoms with Crippen molar-refractivity contribution in [1.82, 2.24) is 19.4 Å². The Balaban J connectivity index is 0.000000582. The first-order valence-corrected chi connectivity index (χ1v) is 16.6. The summed E-state index contributed by atoms with van der Waals surface area (Å²) in [5, 5.41) is 8.26. The van der Waals surface area contributed by atoms with Crippen molar-refractivity contribution in [2.75, 3.05) is 26.7 Å². The van der Waals surface area contributed by atoms with Gasteiger partial charge in [0.15, 0.2) is 0 Å². The molecule has 0 aliphatic carbocycles. The molecule has 1 saturated heterocycles. The number of ether oxygens (including phenoxy) is 2. The summed E-state index contributed by atoms with van der Waals surface area (Å²) in [7, 11) is 1.43. The maximum atomic E-state index is 12.5. The third-order valence-electron chi connectivity index (χ3n) is 9.10. The van der Waals surface area contributed by atoms with Gasteiger partial charge in [-0.05, 0) is 66.6 Å². The summed E-state index contributed by atoms with van der Waals surface area (Å²) in [6, 6.07) is 29.3. The zero-order chi connectivity index (χ0) is 36.0. The molecule has 1 fully saturated rings. The van der Waals surface area contributed by atoms with Crippen molar-refractivity contribution in [3.63, 3.8) is 0 Å². The van der Waals surface area contributed by atoms with E-state index < -0.39 is 12.1 Å². The van der Waals surface area contributed by atoms with Crippen molar-refractivity contribution in [3.05, 3.63) is 131 Å². The molecular formula is C39H37F3N4O5. The number of benzene rings is 3. The van der Waals surface area contributed by atoms with Crippen LogP contribution in [0.5, 0.6) is 5.75 Å². The second-order valence-electron chi connectivity index (χ2n) is 12.3. The van der Waals surface area contributed by atoms with Gasteiger partial charge in [-0.2, -0.15) is 13.2 Å². The number of imidazole rings is 1. The van der Waals surface area contributed by atoms with Crippen LogP contribution in [0.2, 0.25) is 0 Å². The van der Waals surface area contributed by atoms with Gasteiger partial charge in [-0.15, -0.1) is 0 Å². The van der Waals surface area contributed by atoms with E-state index in [-0.39, 0.29) is 5.97 Å². The fourth-order valence-corrected chi connectivity index (χ4v) is 6.43. The Morgan fingerprint density at radius 2 is 1.59 bits per heavy atom. The Bertz CT molecular complexity index is 2050. The smallest absolute Gasteiger partial charge is 0.487 e. The minimum atomic E-state index is -5.08. The van der Waals surface area contributed by atoms with E-state index in [2.05, 4.69) is 65.6 Å². The summed E-state index contributed by atoms with van der Waals surface area (Å²) in [5.74, 6) is -1.35. The molecule has 0 atom stereocenters. The summed E-state index contributed by atoms with van der Waals surface area (Å²) >= 11 is 0. The molecule has 1 N–H and O–H groups in total. The number of aryl methyl sites for hydroxylation is 1. The number of halogens is 3. The van der Waals surface area contributed by atoms with Gasteiger partial charge < -0.3 is 24.0 Å². The topological polar surface area (TPSA) is 107 Å². The summed E-state index contributed by atoms with van der Waals surface area (Å²) in [6.45, 7) is 4.19. The van der Waals surface area contributed by atoms with Gasteiger partial charge >= 0.3 is 18.1 Å². The number of esters is 1. The number of carboxylic acids is 1. The lowest BCUT2D eigenvalue weighted by atomic mass is 9.90. The maximum absolute atomic E-state index is 12.5. The van der Waals surface area contributed by atoms with Crippen LogP contribution in [0.3, 0.4) is 0 Å². The number of carboxylic acid groups (broad SMARTS) is 1. The Morgan fingerprint density at radius 3 is 2.31 bits per heavy atom. The highest BCUT2D eigenvalue weighted by Crippen LogP contribution is 2.36. The molecule has 0 amide bonds. The van der Waals surface area contributed by atoms with Crippen LogP contribution >= 0.6 is 0 Å². The fourth-order valence-electron chi connectivity index (χ4n) is 6.43. The number of aliphatic carboxylic acids is 1.